The van der Waals surface area contributed by atoms with Crippen molar-refractivity contribution < 1.29 is 9.84 Å². The van der Waals surface area contributed by atoms with Gasteiger partial charge in [0.25, 0.3) is 0 Å². The fourth-order valence-electron chi connectivity index (χ4n) is 2.23. The Kier molecular flexibility index (Phi) is 2.96. The van der Waals surface area contributed by atoms with Crippen molar-refractivity contribution in [2.45, 2.75) is 31.6 Å². The molecule has 1 N–H and O–H groups in total. The van der Waals surface area contributed by atoms with Crippen LogP contribution in [0.3, 0.4) is 0 Å². The fourth-order valence-corrected chi connectivity index (χ4v) is 2.23. The monoisotopic (exact) mass is 206 g/mol. The van der Waals surface area contributed by atoms with Gasteiger partial charge < -0.3 is 9.84 Å². The second-order valence-electron chi connectivity index (χ2n) is 4.32. The van der Waals surface area contributed by atoms with Crippen molar-refractivity contribution in [1.29, 1.82) is 0 Å². The minimum absolute atomic E-state index is 0.226. The molecule has 2 heteroatoms. The summed E-state index contributed by atoms with van der Waals surface area (Å²) in [7, 11) is 0. The van der Waals surface area contributed by atoms with E-state index in [4.69, 9.17) is 4.74 Å². The van der Waals surface area contributed by atoms with Gasteiger partial charge in [0.15, 0.2) is 0 Å². The number of hydrogen-bond acceptors (Lipinski definition) is 2. The van der Waals surface area contributed by atoms with Gasteiger partial charge in [0.1, 0.15) is 5.75 Å². The lowest BCUT2D eigenvalue weighted by atomic mass is 9.65. The van der Waals surface area contributed by atoms with Crippen LogP contribution < -0.4 is 0 Å². The third-order valence-corrected chi connectivity index (χ3v) is 3.37. The molecule has 82 valence electrons. The normalized spacial score (nSPS) is 18.5. The lowest BCUT2D eigenvalue weighted by Gasteiger charge is -2.42. The van der Waals surface area contributed by atoms with Crippen LogP contribution >= 0.6 is 0 Å². The Hall–Kier alpha value is -1.02. The van der Waals surface area contributed by atoms with Gasteiger partial charge in [-0.1, -0.05) is 18.6 Å². The molecule has 1 aliphatic carbocycles. The highest BCUT2D eigenvalue weighted by atomic mass is 16.5. The maximum absolute atomic E-state index is 9.26. The molecule has 0 atom stereocenters. The molecule has 1 fully saturated rings. The van der Waals surface area contributed by atoms with Crippen LogP contribution in [0.2, 0.25) is 0 Å². The first-order valence-corrected chi connectivity index (χ1v) is 5.64. The molecule has 15 heavy (non-hydrogen) atoms. The number of benzene rings is 1. The molecule has 0 aliphatic heterocycles. The number of rotatable bonds is 4. The first-order valence-electron chi connectivity index (χ1n) is 5.64. The summed E-state index contributed by atoms with van der Waals surface area (Å²) in [4.78, 5) is 0. The maximum Gasteiger partial charge on any atom is 0.115 e. The SMILES string of the molecule is CCOCC1(c2ccc(O)cc2)CCC1. The summed E-state index contributed by atoms with van der Waals surface area (Å²) in [5.41, 5.74) is 1.53. The summed E-state index contributed by atoms with van der Waals surface area (Å²) >= 11 is 0. The average Bonchev–Trinajstić information content (AvgIpc) is 2.19. The zero-order chi connectivity index (χ0) is 10.7. The third-order valence-electron chi connectivity index (χ3n) is 3.37. The topological polar surface area (TPSA) is 29.5 Å². The first kappa shape index (κ1) is 10.5. The standard InChI is InChI=1S/C13H18O2/c1-2-15-10-13(8-3-9-13)11-4-6-12(14)7-5-11/h4-7,14H,2-3,8-10H2,1H3. The van der Waals surface area contributed by atoms with Crippen molar-refractivity contribution in [1.82, 2.24) is 0 Å². The molecule has 0 amide bonds. The molecule has 1 aromatic carbocycles. The van der Waals surface area contributed by atoms with Gasteiger partial charge in [0, 0.05) is 12.0 Å². The second-order valence-corrected chi connectivity index (χ2v) is 4.32. The van der Waals surface area contributed by atoms with E-state index in [-0.39, 0.29) is 5.41 Å². The molecule has 0 spiro atoms. The molecule has 2 rings (SSSR count). The van der Waals surface area contributed by atoms with Gasteiger partial charge in [-0.05, 0) is 37.5 Å². The van der Waals surface area contributed by atoms with Crippen molar-refractivity contribution in [2.75, 3.05) is 13.2 Å². The Bertz CT molecular complexity index is 312. The Morgan fingerprint density at radius 2 is 1.93 bits per heavy atom. The van der Waals surface area contributed by atoms with Gasteiger partial charge in [0.2, 0.25) is 0 Å². The summed E-state index contributed by atoms with van der Waals surface area (Å²) in [5, 5.41) is 9.26. The van der Waals surface area contributed by atoms with E-state index in [1.54, 1.807) is 12.1 Å². The molecule has 0 bridgehead atoms. The average molecular weight is 206 g/mol. The number of phenols is 1. The van der Waals surface area contributed by atoms with Gasteiger partial charge >= 0.3 is 0 Å². The molecule has 2 nitrogen and oxygen atoms in total. The smallest absolute Gasteiger partial charge is 0.115 e. The number of phenolic OH excluding ortho intramolecular Hbond substituents is 1. The van der Waals surface area contributed by atoms with Crippen molar-refractivity contribution >= 4 is 0 Å². The highest BCUT2D eigenvalue weighted by molar-refractivity contribution is 5.33. The molecule has 0 unspecified atom stereocenters. The third kappa shape index (κ3) is 2.00. The van der Waals surface area contributed by atoms with Crippen LogP contribution in [0.4, 0.5) is 0 Å². The Labute approximate surface area is 90.9 Å². The van der Waals surface area contributed by atoms with Gasteiger partial charge in [-0.15, -0.1) is 0 Å². The van der Waals surface area contributed by atoms with E-state index >= 15 is 0 Å². The van der Waals surface area contributed by atoms with E-state index < -0.39 is 0 Å². The Balaban J connectivity index is 2.14. The molecule has 1 saturated carbocycles. The highest BCUT2D eigenvalue weighted by Crippen LogP contribution is 2.44. The molecular formula is C13H18O2. The number of aromatic hydroxyl groups is 1. The maximum atomic E-state index is 9.26. The van der Waals surface area contributed by atoms with Crippen molar-refractivity contribution in [3.8, 4) is 5.75 Å². The lowest BCUT2D eigenvalue weighted by molar-refractivity contribution is 0.0521. The van der Waals surface area contributed by atoms with Crippen molar-refractivity contribution in [2.24, 2.45) is 0 Å². The van der Waals surface area contributed by atoms with Crippen LogP contribution in [0.15, 0.2) is 24.3 Å². The van der Waals surface area contributed by atoms with Crippen LogP contribution in [0.5, 0.6) is 5.75 Å². The second kappa shape index (κ2) is 4.23. The molecule has 0 saturated heterocycles. The molecule has 0 heterocycles. The minimum atomic E-state index is 0.226. The van der Waals surface area contributed by atoms with E-state index in [2.05, 4.69) is 0 Å². The number of ether oxygens (including phenoxy) is 1. The Morgan fingerprint density at radius 1 is 1.27 bits per heavy atom. The van der Waals surface area contributed by atoms with Crippen LogP contribution in [-0.2, 0) is 10.2 Å². The summed E-state index contributed by atoms with van der Waals surface area (Å²) in [6.07, 6.45) is 3.70. The van der Waals surface area contributed by atoms with Crippen molar-refractivity contribution in [3.05, 3.63) is 29.8 Å². The summed E-state index contributed by atoms with van der Waals surface area (Å²) < 4.78 is 5.56. The van der Waals surface area contributed by atoms with Crippen LogP contribution in [0, 0.1) is 0 Å². The minimum Gasteiger partial charge on any atom is -0.508 e. The summed E-state index contributed by atoms with van der Waals surface area (Å²) in [6.45, 7) is 3.62. The molecule has 1 aromatic rings. The first-order chi connectivity index (χ1) is 7.27. The number of hydrogen-bond donors (Lipinski definition) is 1. The predicted octanol–water partition coefficient (Wildman–Crippen LogP) is 2.85. The lowest BCUT2D eigenvalue weighted by Crippen LogP contribution is -2.38. The van der Waals surface area contributed by atoms with Gasteiger partial charge in [-0.3, -0.25) is 0 Å². The van der Waals surface area contributed by atoms with E-state index in [1.165, 1.54) is 24.8 Å². The van der Waals surface area contributed by atoms with E-state index in [0.717, 1.165) is 13.2 Å². The molecular weight excluding hydrogens is 188 g/mol. The highest BCUT2D eigenvalue weighted by Gasteiger charge is 2.38. The largest absolute Gasteiger partial charge is 0.508 e. The van der Waals surface area contributed by atoms with Crippen LogP contribution in [0.1, 0.15) is 31.7 Å². The molecule has 0 radical (unpaired) electrons. The van der Waals surface area contributed by atoms with Gasteiger partial charge in [-0.25, -0.2) is 0 Å². The predicted molar refractivity (Wildman–Crippen MR) is 60.1 cm³/mol. The van der Waals surface area contributed by atoms with E-state index in [9.17, 15) is 5.11 Å². The van der Waals surface area contributed by atoms with Crippen LogP contribution in [0.25, 0.3) is 0 Å². The summed E-state index contributed by atoms with van der Waals surface area (Å²) in [5.74, 6) is 0.338. The van der Waals surface area contributed by atoms with Crippen LogP contribution in [-0.4, -0.2) is 18.3 Å². The molecule has 1 aliphatic rings. The zero-order valence-corrected chi connectivity index (χ0v) is 9.20. The quantitative estimate of drug-likeness (QED) is 0.820. The van der Waals surface area contributed by atoms with Crippen molar-refractivity contribution in [3.63, 3.8) is 0 Å². The van der Waals surface area contributed by atoms with E-state index in [1.807, 2.05) is 19.1 Å². The fraction of sp³-hybridized carbons (Fsp3) is 0.538. The zero-order valence-electron chi connectivity index (χ0n) is 9.20. The Morgan fingerprint density at radius 3 is 2.40 bits per heavy atom. The molecule has 0 aromatic heterocycles. The van der Waals surface area contributed by atoms with E-state index in [0.29, 0.717) is 5.75 Å². The van der Waals surface area contributed by atoms with Gasteiger partial charge in [0.05, 0.1) is 6.61 Å². The van der Waals surface area contributed by atoms with Gasteiger partial charge in [-0.2, -0.15) is 0 Å². The summed E-state index contributed by atoms with van der Waals surface area (Å²) in [6, 6.07) is 7.57.